The van der Waals surface area contributed by atoms with E-state index >= 15 is 0 Å². The van der Waals surface area contributed by atoms with E-state index in [1.165, 1.54) is 0 Å². The molecule has 0 aliphatic carbocycles. The Hall–Kier alpha value is -1.63. The summed E-state index contributed by atoms with van der Waals surface area (Å²) < 4.78 is 0. The van der Waals surface area contributed by atoms with Crippen LogP contribution in [-0.4, -0.2) is 27.8 Å². The number of rotatable bonds is 4. The van der Waals surface area contributed by atoms with Crippen molar-refractivity contribution in [3.63, 3.8) is 0 Å². The lowest BCUT2D eigenvalue weighted by molar-refractivity contribution is 0.510. The summed E-state index contributed by atoms with van der Waals surface area (Å²) in [5.41, 5.74) is 4.60. The summed E-state index contributed by atoms with van der Waals surface area (Å²) in [6.45, 7) is 4.40. The molecule has 7 nitrogen and oxygen atoms in total. The Morgan fingerprint density at radius 3 is 2.67 bits per heavy atom. The number of aromatic nitrogens is 3. The van der Waals surface area contributed by atoms with E-state index in [2.05, 4.69) is 20.5 Å². The standard InChI is InChI=1S/C8H15N5O2/c1-4(2)5(9)3-10-6-7(14)11-8(15)13-12-6/h4-5H,3,9H2,1-2H3,(H,10,12)(H2,11,13,14,15). The molecule has 1 aromatic rings. The largest absolute Gasteiger partial charge is 0.362 e. The second kappa shape index (κ2) is 4.74. The third-order valence-corrected chi connectivity index (χ3v) is 2.07. The van der Waals surface area contributed by atoms with E-state index in [1.54, 1.807) is 0 Å². The molecule has 1 rings (SSSR count). The highest BCUT2D eigenvalue weighted by Gasteiger charge is 2.08. The van der Waals surface area contributed by atoms with Crippen LogP contribution in [0.5, 0.6) is 0 Å². The van der Waals surface area contributed by atoms with Gasteiger partial charge in [-0.1, -0.05) is 13.8 Å². The Morgan fingerprint density at radius 2 is 2.13 bits per heavy atom. The van der Waals surface area contributed by atoms with Crippen LogP contribution in [0.2, 0.25) is 0 Å². The van der Waals surface area contributed by atoms with Gasteiger partial charge >= 0.3 is 5.69 Å². The van der Waals surface area contributed by atoms with Crippen molar-refractivity contribution in [1.82, 2.24) is 15.2 Å². The lowest BCUT2D eigenvalue weighted by Crippen LogP contribution is -2.36. The van der Waals surface area contributed by atoms with E-state index in [4.69, 9.17) is 5.73 Å². The summed E-state index contributed by atoms with van der Waals surface area (Å²) in [6, 6.07) is -0.0712. The van der Waals surface area contributed by atoms with Crippen molar-refractivity contribution in [2.75, 3.05) is 11.9 Å². The van der Waals surface area contributed by atoms with E-state index in [-0.39, 0.29) is 11.9 Å². The summed E-state index contributed by atoms with van der Waals surface area (Å²) in [7, 11) is 0. The van der Waals surface area contributed by atoms with Crippen LogP contribution in [0.1, 0.15) is 13.8 Å². The summed E-state index contributed by atoms with van der Waals surface area (Å²) in [5.74, 6) is 0.380. The van der Waals surface area contributed by atoms with Crippen molar-refractivity contribution in [3.05, 3.63) is 20.8 Å². The maximum atomic E-state index is 11.2. The minimum absolute atomic E-state index is 0.0712. The van der Waals surface area contributed by atoms with Gasteiger partial charge in [0.1, 0.15) is 0 Å². The average Bonchev–Trinajstić information content (AvgIpc) is 2.15. The molecule has 7 heteroatoms. The molecular weight excluding hydrogens is 198 g/mol. The van der Waals surface area contributed by atoms with E-state index in [0.29, 0.717) is 12.5 Å². The summed E-state index contributed by atoms with van der Waals surface area (Å²) >= 11 is 0. The van der Waals surface area contributed by atoms with E-state index in [0.717, 1.165) is 0 Å². The van der Waals surface area contributed by atoms with Crippen LogP contribution in [-0.2, 0) is 0 Å². The van der Waals surface area contributed by atoms with Crippen molar-refractivity contribution >= 4 is 5.82 Å². The quantitative estimate of drug-likeness (QED) is 0.504. The van der Waals surface area contributed by atoms with Gasteiger partial charge in [-0.25, -0.2) is 9.89 Å². The van der Waals surface area contributed by atoms with Crippen molar-refractivity contribution < 1.29 is 0 Å². The molecule has 0 spiro atoms. The highest BCUT2D eigenvalue weighted by molar-refractivity contribution is 5.28. The number of H-pyrrole nitrogens is 2. The zero-order valence-electron chi connectivity index (χ0n) is 8.70. The zero-order valence-corrected chi connectivity index (χ0v) is 8.70. The monoisotopic (exact) mass is 213 g/mol. The minimum atomic E-state index is -0.626. The highest BCUT2D eigenvalue weighted by Crippen LogP contribution is 1.98. The highest BCUT2D eigenvalue weighted by atomic mass is 16.2. The molecule has 1 unspecified atom stereocenters. The summed E-state index contributed by atoms with van der Waals surface area (Å²) in [4.78, 5) is 23.9. The van der Waals surface area contributed by atoms with Gasteiger partial charge in [-0.3, -0.25) is 9.78 Å². The molecule has 0 aromatic carbocycles. The molecule has 0 aliphatic heterocycles. The molecule has 0 saturated carbocycles. The number of hydrogen-bond donors (Lipinski definition) is 4. The minimum Gasteiger partial charge on any atom is -0.362 e. The third-order valence-electron chi connectivity index (χ3n) is 2.07. The Balaban J connectivity index is 2.66. The number of nitrogens with one attached hydrogen (secondary N) is 3. The molecule has 1 atom stereocenters. The number of nitrogens with zero attached hydrogens (tertiary/aromatic N) is 1. The zero-order chi connectivity index (χ0) is 11.4. The number of aromatic amines is 2. The van der Waals surface area contributed by atoms with Crippen LogP contribution >= 0.6 is 0 Å². The topological polar surface area (TPSA) is 117 Å². The fourth-order valence-electron chi connectivity index (χ4n) is 0.918. The van der Waals surface area contributed by atoms with Crippen molar-refractivity contribution in [3.8, 4) is 0 Å². The first-order chi connectivity index (χ1) is 7.00. The van der Waals surface area contributed by atoms with E-state index in [9.17, 15) is 9.59 Å². The predicted molar refractivity (Wildman–Crippen MR) is 56.8 cm³/mol. The van der Waals surface area contributed by atoms with Crippen molar-refractivity contribution in [2.45, 2.75) is 19.9 Å². The van der Waals surface area contributed by atoms with Gasteiger partial charge in [-0.2, -0.15) is 0 Å². The van der Waals surface area contributed by atoms with E-state index < -0.39 is 11.2 Å². The second-order valence-corrected chi connectivity index (χ2v) is 3.64. The van der Waals surface area contributed by atoms with Gasteiger partial charge in [-0.05, 0) is 5.92 Å². The van der Waals surface area contributed by atoms with Crippen molar-refractivity contribution in [1.29, 1.82) is 0 Å². The lowest BCUT2D eigenvalue weighted by Gasteiger charge is -2.15. The van der Waals surface area contributed by atoms with E-state index in [1.807, 2.05) is 13.8 Å². The fraction of sp³-hybridized carbons (Fsp3) is 0.625. The Morgan fingerprint density at radius 1 is 1.47 bits per heavy atom. The molecule has 0 amide bonds. The smallest absolute Gasteiger partial charge is 0.342 e. The first kappa shape index (κ1) is 11.4. The predicted octanol–water partition coefficient (Wildman–Crippen LogP) is -1.15. The SMILES string of the molecule is CC(C)C(N)CNc1n[nH]c(=O)[nH]c1=O. The third kappa shape index (κ3) is 3.21. The maximum Gasteiger partial charge on any atom is 0.342 e. The molecule has 1 aromatic heterocycles. The lowest BCUT2D eigenvalue weighted by atomic mass is 10.1. The average molecular weight is 213 g/mol. The number of anilines is 1. The van der Waals surface area contributed by atoms with Gasteiger partial charge in [0, 0.05) is 12.6 Å². The van der Waals surface area contributed by atoms with Crippen molar-refractivity contribution in [2.24, 2.45) is 11.7 Å². The van der Waals surface area contributed by atoms with Crippen LogP contribution in [0.15, 0.2) is 9.59 Å². The van der Waals surface area contributed by atoms with Gasteiger partial charge in [0.2, 0.25) is 5.82 Å². The van der Waals surface area contributed by atoms with Gasteiger partial charge in [0.05, 0.1) is 0 Å². The Kier molecular flexibility index (Phi) is 3.62. The first-order valence-electron chi connectivity index (χ1n) is 4.69. The summed E-state index contributed by atoms with van der Waals surface area (Å²) in [6.07, 6.45) is 0. The molecule has 0 radical (unpaired) electrons. The number of hydrogen-bond acceptors (Lipinski definition) is 5. The van der Waals surface area contributed by atoms with Crippen LogP contribution < -0.4 is 22.3 Å². The first-order valence-corrected chi connectivity index (χ1v) is 4.69. The van der Waals surface area contributed by atoms with Gasteiger partial charge in [-0.15, -0.1) is 5.10 Å². The van der Waals surface area contributed by atoms with Crippen LogP contribution in [0.25, 0.3) is 0 Å². The molecule has 84 valence electrons. The molecule has 0 bridgehead atoms. The Bertz CT molecular complexity index is 422. The normalized spacial score (nSPS) is 12.8. The van der Waals surface area contributed by atoms with Gasteiger partial charge in [0.15, 0.2) is 0 Å². The van der Waals surface area contributed by atoms with Crippen LogP contribution in [0.4, 0.5) is 5.82 Å². The molecule has 5 N–H and O–H groups in total. The second-order valence-electron chi connectivity index (χ2n) is 3.64. The van der Waals surface area contributed by atoms with Crippen LogP contribution in [0.3, 0.4) is 0 Å². The molecule has 1 heterocycles. The molecule has 0 fully saturated rings. The number of nitrogens with two attached hydrogens (primary N) is 1. The Labute approximate surface area is 86.1 Å². The molecule has 0 saturated heterocycles. The fourth-order valence-corrected chi connectivity index (χ4v) is 0.918. The molecular formula is C8H15N5O2. The van der Waals surface area contributed by atoms with Gasteiger partial charge < -0.3 is 11.1 Å². The van der Waals surface area contributed by atoms with Gasteiger partial charge in [0.25, 0.3) is 5.56 Å². The van der Waals surface area contributed by atoms with Crippen LogP contribution in [0, 0.1) is 5.92 Å². The molecule has 15 heavy (non-hydrogen) atoms. The maximum absolute atomic E-state index is 11.2. The summed E-state index contributed by atoms with van der Waals surface area (Å²) in [5, 5.41) is 8.46. The molecule has 0 aliphatic rings.